The van der Waals surface area contributed by atoms with Crippen LogP contribution in [0.1, 0.15) is 10.5 Å². The van der Waals surface area contributed by atoms with Crippen molar-refractivity contribution in [2.75, 3.05) is 13.1 Å². The number of sulfonamides is 1. The summed E-state index contributed by atoms with van der Waals surface area (Å²) in [5.74, 6) is -0.692. The lowest BCUT2D eigenvalue weighted by Crippen LogP contribution is -2.35. The first-order valence-corrected chi connectivity index (χ1v) is 9.93. The Morgan fingerprint density at radius 1 is 1.18 bits per heavy atom. The van der Waals surface area contributed by atoms with Gasteiger partial charge in [-0.25, -0.2) is 27.2 Å². The second-order valence-corrected chi connectivity index (χ2v) is 7.74. The topological polar surface area (TPSA) is 106 Å². The number of pyridine rings is 1. The van der Waals surface area contributed by atoms with Crippen LogP contribution in [0.15, 0.2) is 59.8 Å². The Labute approximate surface area is 165 Å². The van der Waals surface area contributed by atoms with Crippen molar-refractivity contribution >= 4 is 27.5 Å². The molecular formula is C17H15ClFN5O3S. The SMILES string of the molecule is O=C(NCCNS(=O)(=O)c1ccc(F)c(Cl)c1)c1cccc(-n2cccn2)n1. The van der Waals surface area contributed by atoms with E-state index < -0.39 is 21.7 Å². The van der Waals surface area contributed by atoms with Crippen molar-refractivity contribution in [3.63, 3.8) is 0 Å². The van der Waals surface area contributed by atoms with Gasteiger partial charge in [-0.1, -0.05) is 17.7 Å². The highest BCUT2D eigenvalue weighted by molar-refractivity contribution is 7.89. The summed E-state index contributed by atoms with van der Waals surface area (Å²) in [6.45, 7) is -0.0391. The molecule has 0 atom stereocenters. The molecule has 0 fully saturated rings. The number of aromatic nitrogens is 3. The highest BCUT2D eigenvalue weighted by Gasteiger charge is 2.16. The van der Waals surface area contributed by atoms with E-state index in [1.165, 1.54) is 10.7 Å². The Balaban J connectivity index is 1.55. The molecule has 2 N–H and O–H groups in total. The van der Waals surface area contributed by atoms with Crippen LogP contribution < -0.4 is 10.0 Å². The van der Waals surface area contributed by atoms with E-state index in [1.54, 1.807) is 30.6 Å². The number of hydrogen-bond acceptors (Lipinski definition) is 5. The third kappa shape index (κ3) is 4.71. The fraction of sp³-hybridized carbons (Fsp3) is 0.118. The van der Waals surface area contributed by atoms with E-state index in [1.807, 2.05) is 0 Å². The smallest absolute Gasteiger partial charge is 0.270 e. The zero-order valence-corrected chi connectivity index (χ0v) is 15.9. The number of carbonyl (C=O) groups excluding carboxylic acids is 1. The Morgan fingerprint density at radius 2 is 2.00 bits per heavy atom. The van der Waals surface area contributed by atoms with Crippen LogP contribution in [0.25, 0.3) is 5.82 Å². The maximum atomic E-state index is 13.2. The molecule has 0 spiro atoms. The minimum atomic E-state index is -3.88. The van der Waals surface area contributed by atoms with Crippen molar-refractivity contribution < 1.29 is 17.6 Å². The number of amides is 1. The molecule has 0 aliphatic rings. The summed E-state index contributed by atoms with van der Waals surface area (Å²) in [5.41, 5.74) is 0.168. The number of nitrogens with one attached hydrogen (secondary N) is 2. The lowest BCUT2D eigenvalue weighted by atomic mass is 10.3. The first-order chi connectivity index (χ1) is 13.4. The van der Waals surface area contributed by atoms with Crippen molar-refractivity contribution in [3.05, 3.63) is 71.4 Å². The quantitative estimate of drug-likeness (QED) is 0.563. The van der Waals surface area contributed by atoms with Crippen LogP contribution in [0, 0.1) is 5.82 Å². The summed E-state index contributed by atoms with van der Waals surface area (Å²) >= 11 is 5.60. The summed E-state index contributed by atoms with van der Waals surface area (Å²) in [6.07, 6.45) is 3.29. The van der Waals surface area contributed by atoms with Crippen LogP contribution in [0.4, 0.5) is 4.39 Å². The normalized spacial score (nSPS) is 11.4. The van der Waals surface area contributed by atoms with Gasteiger partial charge < -0.3 is 5.32 Å². The number of hydrogen-bond donors (Lipinski definition) is 2. The van der Waals surface area contributed by atoms with Gasteiger partial charge in [0.1, 0.15) is 11.5 Å². The second kappa shape index (κ2) is 8.46. The maximum Gasteiger partial charge on any atom is 0.270 e. The molecule has 2 aromatic heterocycles. The molecule has 3 aromatic rings. The standard InChI is InChI=1S/C17H15ClFN5O3S/c18-13-11-12(5-6-14(13)19)28(26,27)22-9-8-20-17(25)15-3-1-4-16(23-15)24-10-2-7-21-24/h1-7,10-11,22H,8-9H2,(H,20,25). The van der Waals surface area contributed by atoms with Crippen LogP contribution in [0.3, 0.4) is 0 Å². The van der Waals surface area contributed by atoms with Crippen LogP contribution >= 0.6 is 11.6 Å². The molecule has 1 amide bonds. The highest BCUT2D eigenvalue weighted by atomic mass is 35.5. The van der Waals surface area contributed by atoms with Gasteiger partial charge in [0.2, 0.25) is 10.0 Å². The molecule has 8 nitrogen and oxygen atoms in total. The van der Waals surface area contributed by atoms with Crippen LogP contribution in [0.2, 0.25) is 5.02 Å². The molecule has 3 rings (SSSR count). The van der Waals surface area contributed by atoms with E-state index in [2.05, 4.69) is 20.1 Å². The molecule has 0 saturated carbocycles. The monoisotopic (exact) mass is 423 g/mol. The predicted octanol–water partition coefficient (Wildman–Crippen LogP) is 1.77. The molecule has 2 heterocycles. The molecule has 11 heteroatoms. The van der Waals surface area contributed by atoms with Gasteiger partial charge in [-0.3, -0.25) is 4.79 Å². The number of halogens is 2. The average molecular weight is 424 g/mol. The molecular weight excluding hydrogens is 409 g/mol. The van der Waals surface area contributed by atoms with Crippen molar-refractivity contribution in [1.82, 2.24) is 24.8 Å². The maximum absolute atomic E-state index is 13.2. The van der Waals surface area contributed by atoms with E-state index in [9.17, 15) is 17.6 Å². The van der Waals surface area contributed by atoms with Gasteiger partial charge in [0, 0.05) is 25.5 Å². The van der Waals surface area contributed by atoms with E-state index in [4.69, 9.17) is 11.6 Å². The van der Waals surface area contributed by atoms with Crippen LogP contribution in [-0.2, 0) is 10.0 Å². The number of rotatable bonds is 7. The van der Waals surface area contributed by atoms with Crippen LogP contribution in [0.5, 0.6) is 0 Å². The Morgan fingerprint density at radius 3 is 2.71 bits per heavy atom. The third-order valence-electron chi connectivity index (χ3n) is 3.61. The fourth-order valence-electron chi connectivity index (χ4n) is 2.26. The zero-order valence-electron chi connectivity index (χ0n) is 14.3. The van der Waals surface area contributed by atoms with E-state index >= 15 is 0 Å². The molecule has 0 aliphatic carbocycles. The lowest BCUT2D eigenvalue weighted by Gasteiger charge is -2.09. The van der Waals surface area contributed by atoms with Crippen molar-refractivity contribution in [3.8, 4) is 5.82 Å². The molecule has 146 valence electrons. The van der Waals surface area contributed by atoms with Gasteiger partial charge in [0.15, 0.2) is 5.82 Å². The van der Waals surface area contributed by atoms with Gasteiger partial charge in [-0.15, -0.1) is 0 Å². The minimum absolute atomic E-state index is 0.0284. The van der Waals surface area contributed by atoms with Crippen molar-refractivity contribution in [2.24, 2.45) is 0 Å². The van der Waals surface area contributed by atoms with Gasteiger partial charge in [-0.05, 0) is 36.4 Å². The van der Waals surface area contributed by atoms with Crippen LogP contribution in [-0.4, -0.2) is 42.2 Å². The van der Waals surface area contributed by atoms with Crippen molar-refractivity contribution in [2.45, 2.75) is 4.90 Å². The summed E-state index contributed by atoms with van der Waals surface area (Å²) in [7, 11) is -3.88. The fourth-order valence-corrected chi connectivity index (χ4v) is 3.56. The van der Waals surface area contributed by atoms with E-state index in [0.29, 0.717) is 5.82 Å². The lowest BCUT2D eigenvalue weighted by molar-refractivity contribution is 0.0949. The van der Waals surface area contributed by atoms with Gasteiger partial charge in [0.25, 0.3) is 5.91 Å². The van der Waals surface area contributed by atoms with Gasteiger partial charge >= 0.3 is 0 Å². The third-order valence-corrected chi connectivity index (χ3v) is 5.36. The summed E-state index contributed by atoms with van der Waals surface area (Å²) in [4.78, 5) is 16.2. The van der Waals surface area contributed by atoms with Crippen molar-refractivity contribution in [1.29, 1.82) is 0 Å². The largest absolute Gasteiger partial charge is 0.349 e. The van der Waals surface area contributed by atoms with E-state index in [0.717, 1.165) is 18.2 Å². The number of benzene rings is 1. The zero-order chi connectivity index (χ0) is 20.1. The van der Waals surface area contributed by atoms with Gasteiger partial charge in [-0.2, -0.15) is 5.10 Å². The molecule has 0 bridgehead atoms. The van der Waals surface area contributed by atoms with E-state index in [-0.39, 0.29) is 28.7 Å². The number of nitrogens with zero attached hydrogens (tertiary/aromatic N) is 3. The molecule has 1 aromatic carbocycles. The Bertz CT molecular complexity index is 1090. The van der Waals surface area contributed by atoms with Gasteiger partial charge in [0.05, 0.1) is 9.92 Å². The molecule has 0 aliphatic heterocycles. The summed E-state index contributed by atoms with van der Waals surface area (Å²) in [5, 5.41) is 6.32. The highest BCUT2D eigenvalue weighted by Crippen LogP contribution is 2.19. The summed E-state index contributed by atoms with van der Waals surface area (Å²) in [6, 6.07) is 9.72. The average Bonchev–Trinajstić information content (AvgIpc) is 3.22. The number of carbonyl (C=O) groups is 1. The Hall–Kier alpha value is -2.82. The molecule has 28 heavy (non-hydrogen) atoms. The molecule has 0 saturated heterocycles. The predicted molar refractivity (Wildman–Crippen MR) is 100 cm³/mol. The minimum Gasteiger partial charge on any atom is -0.349 e. The molecule has 0 unspecified atom stereocenters. The Kier molecular flexibility index (Phi) is 6.02. The first kappa shape index (κ1) is 19.9. The summed E-state index contributed by atoms with van der Waals surface area (Å²) < 4.78 is 41.3. The molecule has 0 radical (unpaired) electrons. The second-order valence-electron chi connectivity index (χ2n) is 5.56. The first-order valence-electron chi connectivity index (χ1n) is 8.07.